The Bertz CT molecular complexity index is 980. The van der Waals surface area contributed by atoms with Crippen LogP contribution in [-0.4, -0.2) is 65.9 Å². The number of rotatable bonds is 9. The molecule has 0 bridgehead atoms. The largest absolute Gasteiger partial charge is 0.484 e. The Morgan fingerprint density at radius 1 is 0.871 bits per heavy atom. The SMILES string of the molecule is COC(=N)CCN(CCC(=N)OC)S(=O)(=O)c1cccc2c(N(C)C)cccc12.Cl.Cl. The van der Waals surface area contributed by atoms with E-state index in [2.05, 4.69) is 0 Å². The number of methoxy groups -OCH3 is 2. The number of fused-ring (bicyclic) bond motifs is 1. The van der Waals surface area contributed by atoms with Gasteiger partial charge in [-0.2, -0.15) is 4.31 Å². The van der Waals surface area contributed by atoms with Gasteiger partial charge in [-0.15, -0.1) is 24.8 Å². The summed E-state index contributed by atoms with van der Waals surface area (Å²) in [6.45, 7) is 0.158. The molecule has 11 heteroatoms. The van der Waals surface area contributed by atoms with Crippen LogP contribution in [-0.2, 0) is 19.5 Å². The second kappa shape index (κ2) is 12.7. The Morgan fingerprint density at radius 2 is 1.35 bits per heavy atom. The predicted molar refractivity (Wildman–Crippen MR) is 130 cm³/mol. The monoisotopic (exact) mass is 492 g/mol. The summed E-state index contributed by atoms with van der Waals surface area (Å²) in [6, 6.07) is 10.8. The van der Waals surface area contributed by atoms with Crippen LogP contribution < -0.4 is 4.90 Å². The smallest absolute Gasteiger partial charge is 0.243 e. The van der Waals surface area contributed by atoms with Crippen molar-refractivity contribution in [1.82, 2.24) is 4.31 Å². The van der Waals surface area contributed by atoms with Crippen molar-refractivity contribution in [2.75, 3.05) is 46.3 Å². The molecule has 0 aliphatic rings. The third kappa shape index (κ3) is 6.96. The molecule has 8 nitrogen and oxygen atoms in total. The topological polar surface area (TPSA) is 107 Å². The van der Waals surface area contributed by atoms with E-state index < -0.39 is 10.0 Å². The molecule has 174 valence electrons. The minimum Gasteiger partial charge on any atom is -0.484 e. The number of anilines is 1. The number of nitrogens with one attached hydrogen (secondary N) is 2. The first-order valence-electron chi connectivity index (χ1n) is 9.14. The van der Waals surface area contributed by atoms with Gasteiger partial charge in [0.25, 0.3) is 0 Å². The molecule has 2 aromatic carbocycles. The van der Waals surface area contributed by atoms with Gasteiger partial charge in [-0.25, -0.2) is 8.42 Å². The second-order valence-electron chi connectivity index (χ2n) is 6.68. The summed E-state index contributed by atoms with van der Waals surface area (Å²) in [5.74, 6) is -0.000311. The number of sulfonamides is 1. The number of benzene rings is 2. The maximum atomic E-state index is 13.5. The summed E-state index contributed by atoms with van der Waals surface area (Å²) >= 11 is 0. The van der Waals surface area contributed by atoms with Crippen LogP contribution in [0.1, 0.15) is 12.8 Å². The lowest BCUT2D eigenvalue weighted by atomic mass is 10.1. The standard InChI is InChI=1S/C20H28N4O4S.2ClH/c1-23(2)17-9-5-8-16-15(17)7-6-10-18(16)29(25,26)24(13-11-19(21)27-3)14-12-20(22)28-4;;/h5-10,21-22H,11-14H2,1-4H3;2*1H. The van der Waals surface area contributed by atoms with Gasteiger partial charge in [0.15, 0.2) is 11.8 Å². The molecule has 31 heavy (non-hydrogen) atoms. The van der Waals surface area contributed by atoms with Crippen molar-refractivity contribution in [3.05, 3.63) is 36.4 Å². The van der Waals surface area contributed by atoms with Crippen LogP contribution in [0, 0.1) is 10.8 Å². The third-order valence-corrected chi connectivity index (χ3v) is 6.58. The fourth-order valence-corrected chi connectivity index (χ4v) is 4.68. The molecule has 0 saturated carbocycles. The zero-order valence-electron chi connectivity index (χ0n) is 18.0. The minimum atomic E-state index is -3.87. The van der Waals surface area contributed by atoms with Crippen molar-refractivity contribution >= 4 is 63.1 Å². The predicted octanol–water partition coefficient (Wildman–Crippen LogP) is 3.77. The van der Waals surface area contributed by atoms with Crippen molar-refractivity contribution in [3.8, 4) is 0 Å². The molecule has 0 saturated heterocycles. The van der Waals surface area contributed by atoms with E-state index >= 15 is 0 Å². The minimum absolute atomic E-state index is 0. The van der Waals surface area contributed by atoms with E-state index in [-0.39, 0.29) is 67.4 Å². The molecular weight excluding hydrogens is 463 g/mol. The zero-order chi connectivity index (χ0) is 21.6. The van der Waals surface area contributed by atoms with Crippen LogP contribution >= 0.6 is 24.8 Å². The second-order valence-corrected chi connectivity index (χ2v) is 8.59. The van der Waals surface area contributed by atoms with Gasteiger partial charge in [0.05, 0.1) is 19.1 Å². The third-order valence-electron chi connectivity index (χ3n) is 4.63. The van der Waals surface area contributed by atoms with Gasteiger partial charge in [-0.1, -0.05) is 24.3 Å². The van der Waals surface area contributed by atoms with Crippen molar-refractivity contribution in [1.29, 1.82) is 10.8 Å². The van der Waals surface area contributed by atoms with Crippen LogP contribution in [0.5, 0.6) is 0 Å². The summed E-state index contributed by atoms with van der Waals surface area (Å²) in [4.78, 5) is 2.14. The molecule has 0 aliphatic carbocycles. The van der Waals surface area contributed by atoms with Crippen LogP contribution in [0.4, 0.5) is 5.69 Å². The molecule has 0 radical (unpaired) electrons. The maximum Gasteiger partial charge on any atom is 0.243 e. The molecule has 2 N–H and O–H groups in total. The van der Waals surface area contributed by atoms with Gasteiger partial charge in [-0.05, 0) is 12.1 Å². The summed E-state index contributed by atoms with van der Waals surface area (Å²) < 4.78 is 38.1. The highest BCUT2D eigenvalue weighted by Crippen LogP contribution is 2.31. The van der Waals surface area contributed by atoms with Crippen LogP contribution in [0.3, 0.4) is 0 Å². The Morgan fingerprint density at radius 3 is 1.84 bits per heavy atom. The fourth-order valence-electron chi connectivity index (χ4n) is 3.03. The zero-order valence-corrected chi connectivity index (χ0v) is 20.5. The van der Waals surface area contributed by atoms with Gasteiger partial charge in [0.1, 0.15) is 0 Å². The molecule has 2 rings (SSSR count). The lowest BCUT2D eigenvalue weighted by molar-refractivity contribution is 0.354. The van der Waals surface area contributed by atoms with Gasteiger partial charge in [0.2, 0.25) is 10.0 Å². The quantitative estimate of drug-likeness (QED) is 0.409. The number of ether oxygens (including phenoxy) is 2. The maximum absolute atomic E-state index is 13.5. The van der Waals surface area contributed by atoms with Gasteiger partial charge in [0, 0.05) is 56.5 Å². The van der Waals surface area contributed by atoms with E-state index in [1.807, 2.05) is 37.2 Å². The normalized spacial score (nSPS) is 10.7. The molecule has 0 spiro atoms. The molecule has 0 fully saturated rings. The van der Waals surface area contributed by atoms with Crippen molar-refractivity contribution in [2.24, 2.45) is 0 Å². The number of hydrogen-bond donors (Lipinski definition) is 2. The molecule has 0 aliphatic heterocycles. The number of halogens is 2. The Kier molecular flexibility index (Phi) is 11.9. The summed E-state index contributed by atoms with van der Waals surface area (Å²) in [5.41, 5.74) is 0.924. The van der Waals surface area contributed by atoms with Gasteiger partial charge in [-0.3, -0.25) is 10.8 Å². The highest BCUT2D eigenvalue weighted by molar-refractivity contribution is 7.89. The van der Waals surface area contributed by atoms with Crippen molar-refractivity contribution < 1.29 is 17.9 Å². The van der Waals surface area contributed by atoms with Crippen molar-refractivity contribution in [2.45, 2.75) is 17.7 Å². The first-order valence-corrected chi connectivity index (χ1v) is 10.6. The molecule has 2 aromatic rings. The first kappa shape index (κ1) is 28.9. The highest BCUT2D eigenvalue weighted by Gasteiger charge is 2.27. The van der Waals surface area contributed by atoms with Crippen LogP contribution in [0.25, 0.3) is 10.8 Å². The molecule has 0 aromatic heterocycles. The van der Waals surface area contributed by atoms with E-state index in [1.165, 1.54) is 18.5 Å². The fraction of sp³-hybridized carbons (Fsp3) is 0.400. The first-order chi connectivity index (χ1) is 13.7. The van der Waals surface area contributed by atoms with Crippen molar-refractivity contribution in [3.63, 3.8) is 0 Å². The lowest BCUT2D eigenvalue weighted by Gasteiger charge is -2.24. The van der Waals surface area contributed by atoms with Crippen LogP contribution in [0.2, 0.25) is 0 Å². The Labute approximate surface area is 196 Å². The average molecular weight is 493 g/mol. The summed E-state index contributed by atoms with van der Waals surface area (Å²) in [7, 11) is 2.72. The number of nitrogens with zero attached hydrogens (tertiary/aromatic N) is 2. The van der Waals surface area contributed by atoms with Gasteiger partial charge < -0.3 is 14.4 Å². The molecule has 0 unspecified atom stereocenters. The molecule has 0 amide bonds. The van der Waals surface area contributed by atoms with E-state index in [1.54, 1.807) is 18.2 Å². The van der Waals surface area contributed by atoms with E-state index in [0.717, 1.165) is 11.1 Å². The molecule has 0 atom stereocenters. The van der Waals surface area contributed by atoms with Crippen LogP contribution in [0.15, 0.2) is 41.3 Å². The van der Waals surface area contributed by atoms with E-state index in [4.69, 9.17) is 20.3 Å². The molecular formula is C20H30Cl2N4O4S. The van der Waals surface area contributed by atoms with E-state index in [0.29, 0.717) is 5.39 Å². The summed E-state index contributed by atoms with van der Waals surface area (Å²) in [6.07, 6.45) is 0.285. The average Bonchev–Trinajstić information content (AvgIpc) is 2.71. The Balaban J connectivity index is 0.00000450. The molecule has 0 heterocycles. The Hall–Kier alpha value is -2.07. The van der Waals surface area contributed by atoms with E-state index in [9.17, 15) is 8.42 Å². The van der Waals surface area contributed by atoms with Gasteiger partial charge >= 0.3 is 0 Å². The summed E-state index contributed by atoms with van der Waals surface area (Å²) in [5, 5.41) is 16.8. The highest BCUT2D eigenvalue weighted by atomic mass is 35.5. The number of hydrogen-bond acceptors (Lipinski definition) is 7. The lowest BCUT2D eigenvalue weighted by Crippen LogP contribution is -2.35.